The van der Waals surface area contributed by atoms with Gasteiger partial charge in [-0.05, 0) is 24.0 Å². The molecule has 1 saturated carbocycles. The van der Waals surface area contributed by atoms with Gasteiger partial charge in [0.15, 0.2) is 0 Å². The van der Waals surface area contributed by atoms with Crippen molar-refractivity contribution < 1.29 is 8.42 Å². The Morgan fingerprint density at radius 1 is 1.25 bits per heavy atom. The van der Waals surface area contributed by atoms with Gasteiger partial charge >= 0.3 is 0 Å². The van der Waals surface area contributed by atoms with Gasteiger partial charge in [-0.3, -0.25) is 0 Å². The van der Waals surface area contributed by atoms with Gasteiger partial charge in [0.05, 0.1) is 5.25 Å². The standard InChI is InChI=1S/C11H16N2O2S/c12-7-9-3-1-2-4-10(9)8-13-16(14,15)11-5-6-11/h1-4,11,13H,5-8,12H2. The van der Waals surface area contributed by atoms with Gasteiger partial charge < -0.3 is 5.73 Å². The summed E-state index contributed by atoms with van der Waals surface area (Å²) in [6.45, 7) is 0.771. The summed E-state index contributed by atoms with van der Waals surface area (Å²) >= 11 is 0. The highest BCUT2D eigenvalue weighted by atomic mass is 32.2. The summed E-state index contributed by atoms with van der Waals surface area (Å²) in [4.78, 5) is 0. The second-order valence-electron chi connectivity index (χ2n) is 4.04. The molecule has 1 fully saturated rings. The summed E-state index contributed by atoms with van der Waals surface area (Å²) in [5.74, 6) is 0. The van der Waals surface area contributed by atoms with E-state index >= 15 is 0 Å². The molecule has 0 unspecified atom stereocenters. The van der Waals surface area contributed by atoms with Crippen molar-refractivity contribution >= 4 is 10.0 Å². The Hall–Kier alpha value is -0.910. The molecular formula is C11H16N2O2S. The van der Waals surface area contributed by atoms with Crippen LogP contribution in [0.4, 0.5) is 0 Å². The Kier molecular flexibility index (Phi) is 3.28. The normalized spacial score (nSPS) is 16.3. The van der Waals surface area contributed by atoms with E-state index in [0.717, 1.165) is 24.0 Å². The zero-order chi connectivity index (χ0) is 11.6. The molecule has 1 aliphatic rings. The lowest BCUT2D eigenvalue weighted by Crippen LogP contribution is -2.27. The summed E-state index contributed by atoms with van der Waals surface area (Å²) in [6, 6.07) is 7.61. The van der Waals surface area contributed by atoms with Gasteiger partial charge in [0.25, 0.3) is 0 Å². The third-order valence-electron chi connectivity index (χ3n) is 2.77. The predicted molar refractivity (Wildman–Crippen MR) is 63.1 cm³/mol. The number of nitrogens with one attached hydrogen (secondary N) is 1. The van der Waals surface area contributed by atoms with E-state index in [1.807, 2.05) is 24.3 Å². The largest absolute Gasteiger partial charge is 0.326 e. The van der Waals surface area contributed by atoms with E-state index in [2.05, 4.69) is 4.72 Å². The van der Waals surface area contributed by atoms with E-state index in [1.54, 1.807) is 0 Å². The van der Waals surface area contributed by atoms with Crippen LogP contribution in [0.25, 0.3) is 0 Å². The number of hydrogen-bond acceptors (Lipinski definition) is 3. The molecule has 0 aliphatic heterocycles. The molecule has 0 saturated heterocycles. The second kappa shape index (κ2) is 4.53. The average Bonchev–Trinajstić information content (AvgIpc) is 3.11. The molecular weight excluding hydrogens is 224 g/mol. The molecule has 16 heavy (non-hydrogen) atoms. The number of hydrogen-bond donors (Lipinski definition) is 2. The minimum absolute atomic E-state index is 0.169. The van der Waals surface area contributed by atoms with Crippen LogP contribution in [0.2, 0.25) is 0 Å². The van der Waals surface area contributed by atoms with E-state index < -0.39 is 10.0 Å². The van der Waals surface area contributed by atoms with E-state index in [-0.39, 0.29) is 5.25 Å². The number of nitrogens with two attached hydrogens (primary N) is 1. The van der Waals surface area contributed by atoms with Gasteiger partial charge in [0.1, 0.15) is 0 Å². The van der Waals surface area contributed by atoms with Crippen LogP contribution in [0.3, 0.4) is 0 Å². The monoisotopic (exact) mass is 240 g/mol. The molecule has 4 nitrogen and oxygen atoms in total. The van der Waals surface area contributed by atoms with Crippen LogP contribution in [0.15, 0.2) is 24.3 Å². The number of rotatable bonds is 5. The molecule has 1 aromatic carbocycles. The van der Waals surface area contributed by atoms with Crippen molar-refractivity contribution in [3.63, 3.8) is 0 Å². The van der Waals surface area contributed by atoms with Crippen molar-refractivity contribution in [2.45, 2.75) is 31.2 Å². The molecule has 0 spiro atoms. The van der Waals surface area contributed by atoms with Crippen molar-refractivity contribution in [1.82, 2.24) is 4.72 Å². The van der Waals surface area contributed by atoms with E-state index in [9.17, 15) is 8.42 Å². The van der Waals surface area contributed by atoms with Crippen LogP contribution in [0.5, 0.6) is 0 Å². The Morgan fingerprint density at radius 3 is 2.44 bits per heavy atom. The van der Waals surface area contributed by atoms with Crippen LogP contribution in [-0.4, -0.2) is 13.7 Å². The SMILES string of the molecule is NCc1ccccc1CNS(=O)(=O)C1CC1. The molecule has 0 heterocycles. The Balaban J connectivity index is 2.04. The number of sulfonamides is 1. The third kappa shape index (κ3) is 2.61. The summed E-state index contributed by atoms with van der Waals surface area (Å²) in [5.41, 5.74) is 7.52. The van der Waals surface area contributed by atoms with E-state index in [0.29, 0.717) is 13.1 Å². The topological polar surface area (TPSA) is 72.2 Å². The van der Waals surface area contributed by atoms with Crippen molar-refractivity contribution in [3.8, 4) is 0 Å². The lowest BCUT2D eigenvalue weighted by atomic mass is 10.1. The van der Waals surface area contributed by atoms with Crippen molar-refractivity contribution in [3.05, 3.63) is 35.4 Å². The van der Waals surface area contributed by atoms with Gasteiger partial charge in [-0.15, -0.1) is 0 Å². The van der Waals surface area contributed by atoms with E-state index in [4.69, 9.17) is 5.73 Å². The molecule has 0 bridgehead atoms. The first-order chi connectivity index (χ1) is 7.63. The van der Waals surface area contributed by atoms with Crippen molar-refractivity contribution in [2.24, 2.45) is 5.73 Å². The molecule has 5 heteroatoms. The van der Waals surface area contributed by atoms with Crippen molar-refractivity contribution in [2.75, 3.05) is 0 Å². The molecule has 0 aromatic heterocycles. The van der Waals surface area contributed by atoms with Crippen LogP contribution >= 0.6 is 0 Å². The van der Waals surface area contributed by atoms with Gasteiger partial charge in [0, 0.05) is 13.1 Å². The Labute approximate surface area is 95.9 Å². The zero-order valence-electron chi connectivity index (χ0n) is 9.02. The quantitative estimate of drug-likeness (QED) is 0.797. The molecule has 0 amide bonds. The van der Waals surface area contributed by atoms with Gasteiger partial charge in [-0.25, -0.2) is 13.1 Å². The third-order valence-corrected chi connectivity index (χ3v) is 4.66. The van der Waals surface area contributed by atoms with Gasteiger partial charge in [0.2, 0.25) is 10.0 Å². The molecule has 1 aliphatic carbocycles. The molecule has 1 aromatic rings. The number of benzene rings is 1. The van der Waals surface area contributed by atoms with E-state index in [1.165, 1.54) is 0 Å². The van der Waals surface area contributed by atoms with Crippen LogP contribution in [0, 0.1) is 0 Å². The first-order valence-electron chi connectivity index (χ1n) is 5.39. The molecule has 0 radical (unpaired) electrons. The highest BCUT2D eigenvalue weighted by molar-refractivity contribution is 7.90. The smallest absolute Gasteiger partial charge is 0.214 e. The minimum Gasteiger partial charge on any atom is -0.326 e. The van der Waals surface area contributed by atoms with Gasteiger partial charge in [-0.2, -0.15) is 0 Å². The summed E-state index contributed by atoms with van der Waals surface area (Å²) < 4.78 is 25.9. The highest BCUT2D eigenvalue weighted by Crippen LogP contribution is 2.27. The predicted octanol–water partition coefficient (Wildman–Crippen LogP) is 0.727. The van der Waals surface area contributed by atoms with Gasteiger partial charge in [-0.1, -0.05) is 24.3 Å². The molecule has 0 atom stereocenters. The minimum atomic E-state index is -3.10. The maximum atomic E-state index is 11.6. The fraction of sp³-hybridized carbons (Fsp3) is 0.455. The molecule has 3 N–H and O–H groups in total. The second-order valence-corrected chi connectivity index (χ2v) is 6.08. The van der Waals surface area contributed by atoms with Crippen LogP contribution in [0.1, 0.15) is 24.0 Å². The summed E-state index contributed by atoms with van der Waals surface area (Å²) in [7, 11) is -3.10. The van der Waals surface area contributed by atoms with Crippen molar-refractivity contribution in [1.29, 1.82) is 0 Å². The Bertz CT molecular complexity index is 467. The summed E-state index contributed by atoms with van der Waals surface area (Å²) in [6.07, 6.45) is 1.57. The first-order valence-corrected chi connectivity index (χ1v) is 6.93. The summed E-state index contributed by atoms with van der Waals surface area (Å²) in [5, 5.41) is -0.169. The fourth-order valence-corrected chi connectivity index (χ4v) is 2.95. The van der Waals surface area contributed by atoms with Crippen LogP contribution < -0.4 is 10.5 Å². The average molecular weight is 240 g/mol. The Morgan fingerprint density at radius 2 is 1.88 bits per heavy atom. The molecule has 2 rings (SSSR count). The fourth-order valence-electron chi connectivity index (χ4n) is 1.60. The maximum Gasteiger partial charge on any atom is 0.214 e. The lowest BCUT2D eigenvalue weighted by molar-refractivity contribution is 0.579. The zero-order valence-corrected chi connectivity index (χ0v) is 9.83. The first kappa shape index (κ1) is 11.6. The lowest BCUT2D eigenvalue weighted by Gasteiger charge is -2.09. The highest BCUT2D eigenvalue weighted by Gasteiger charge is 2.35. The molecule has 88 valence electrons. The maximum absolute atomic E-state index is 11.6. The van der Waals surface area contributed by atoms with Crippen LogP contribution in [-0.2, 0) is 23.1 Å².